The van der Waals surface area contributed by atoms with Crippen LogP contribution in [0.15, 0.2) is 29.6 Å². The van der Waals surface area contributed by atoms with Crippen LogP contribution in [0, 0.1) is 6.92 Å². The first-order chi connectivity index (χ1) is 10.3. The van der Waals surface area contributed by atoms with E-state index in [1.54, 1.807) is 29.5 Å². The highest BCUT2D eigenvalue weighted by molar-refractivity contribution is 7.92. The molecule has 0 atom stereocenters. The zero-order valence-electron chi connectivity index (χ0n) is 12.0. The van der Waals surface area contributed by atoms with E-state index in [1.165, 1.54) is 0 Å². The van der Waals surface area contributed by atoms with Crippen LogP contribution < -0.4 is 10.0 Å². The molecule has 5 nitrogen and oxygen atoms in total. The Morgan fingerprint density at radius 3 is 2.68 bits per heavy atom. The number of hydrogen-bond acceptors (Lipinski definition) is 4. The van der Waals surface area contributed by atoms with E-state index in [1.807, 2.05) is 24.4 Å². The highest BCUT2D eigenvalue weighted by Crippen LogP contribution is 2.36. The third-order valence-corrected chi connectivity index (χ3v) is 4.86. The summed E-state index contributed by atoms with van der Waals surface area (Å²) in [5.41, 5.74) is 3.46. The second-order valence-corrected chi connectivity index (χ2v) is 7.81. The van der Waals surface area contributed by atoms with Crippen LogP contribution in [0.5, 0.6) is 0 Å². The van der Waals surface area contributed by atoms with Crippen LogP contribution in [0.4, 0.5) is 11.4 Å². The monoisotopic (exact) mass is 334 g/mol. The number of benzene rings is 1. The summed E-state index contributed by atoms with van der Waals surface area (Å²) < 4.78 is 25.1. The maximum Gasteiger partial charge on any atom is 0.256 e. The van der Waals surface area contributed by atoms with Crippen LogP contribution in [-0.4, -0.2) is 20.6 Å². The first kappa shape index (κ1) is 14.8. The van der Waals surface area contributed by atoms with Gasteiger partial charge in [-0.1, -0.05) is 0 Å². The third kappa shape index (κ3) is 2.90. The first-order valence-corrected chi connectivity index (χ1v) is 9.30. The molecule has 0 radical (unpaired) electrons. The Labute approximate surface area is 132 Å². The standard InChI is InChI=1S/C15H14N2O3S2/c1-9-5-6-21-14(9)8-12-11-7-10(17-22(2,19)20)3-4-13(11)16-15(12)18/h3-8,17H,1-2H3,(H,16,18). The third-order valence-electron chi connectivity index (χ3n) is 3.28. The molecule has 22 heavy (non-hydrogen) atoms. The van der Waals surface area contributed by atoms with E-state index in [-0.39, 0.29) is 5.91 Å². The summed E-state index contributed by atoms with van der Waals surface area (Å²) >= 11 is 1.56. The van der Waals surface area contributed by atoms with Crippen molar-refractivity contribution in [2.45, 2.75) is 6.92 Å². The zero-order valence-corrected chi connectivity index (χ0v) is 13.6. The van der Waals surface area contributed by atoms with E-state index >= 15 is 0 Å². The van der Waals surface area contributed by atoms with Crippen molar-refractivity contribution in [3.8, 4) is 0 Å². The highest BCUT2D eigenvalue weighted by atomic mass is 32.2. The summed E-state index contributed by atoms with van der Waals surface area (Å²) in [6, 6.07) is 6.98. The van der Waals surface area contributed by atoms with Crippen molar-refractivity contribution in [1.82, 2.24) is 0 Å². The molecule has 7 heteroatoms. The van der Waals surface area contributed by atoms with Gasteiger partial charge in [0.25, 0.3) is 5.91 Å². The van der Waals surface area contributed by atoms with E-state index in [2.05, 4.69) is 10.0 Å². The molecule has 0 bridgehead atoms. The number of fused-ring (bicyclic) bond motifs is 1. The number of nitrogens with one attached hydrogen (secondary N) is 2. The fourth-order valence-electron chi connectivity index (χ4n) is 2.27. The van der Waals surface area contributed by atoms with Gasteiger partial charge in [-0.2, -0.15) is 0 Å². The van der Waals surface area contributed by atoms with Gasteiger partial charge in [0.1, 0.15) is 0 Å². The van der Waals surface area contributed by atoms with Gasteiger partial charge in [-0.05, 0) is 48.2 Å². The summed E-state index contributed by atoms with van der Waals surface area (Å²) in [5.74, 6) is -0.181. The maximum atomic E-state index is 12.2. The van der Waals surface area contributed by atoms with E-state index in [0.29, 0.717) is 22.5 Å². The van der Waals surface area contributed by atoms with Crippen LogP contribution in [0.3, 0.4) is 0 Å². The summed E-state index contributed by atoms with van der Waals surface area (Å²) in [7, 11) is -3.35. The molecule has 1 aliphatic rings. The summed E-state index contributed by atoms with van der Waals surface area (Å²) in [6.07, 6.45) is 2.93. The molecule has 0 spiro atoms. The van der Waals surface area contributed by atoms with Gasteiger partial charge in [-0.3, -0.25) is 9.52 Å². The van der Waals surface area contributed by atoms with E-state index in [0.717, 1.165) is 16.7 Å². The van der Waals surface area contributed by atoms with Crippen molar-refractivity contribution in [3.63, 3.8) is 0 Å². The van der Waals surface area contributed by atoms with Crippen molar-refractivity contribution in [2.75, 3.05) is 16.3 Å². The van der Waals surface area contributed by atoms with Gasteiger partial charge < -0.3 is 5.32 Å². The average molecular weight is 334 g/mol. The molecule has 1 aromatic carbocycles. The van der Waals surface area contributed by atoms with Gasteiger partial charge in [0.05, 0.1) is 11.8 Å². The largest absolute Gasteiger partial charge is 0.321 e. The lowest BCUT2D eigenvalue weighted by atomic mass is 10.1. The Hall–Kier alpha value is -2.12. The summed E-state index contributed by atoms with van der Waals surface area (Å²) in [6.45, 7) is 1.98. The topological polar surface area (TPSA) is 75.3 Å². The molecule has 3 rings (SSSR count). The minimum Gasteiger partial charge on any atom is -0.321 e. The molecule has 1 aromatic heterocycles. The molecule has 1 amide bonds. The second-order valence-electron chi connectivity index (χ2n) is 5.11. The second kappa shape index (κ2) is 5.26. The minimum absolute atomic E-state index is 0.181. The van der Waals surface area contributed by atoms with Crippen molar-refractivity contribution < 1.29 is 13.2 Å². The smallest absolute Gasteiger partial charge is 0.256 e. The van der Waals surface area contributed by atoms with E-state index < -0.39 is 10.0 Å². The number of aryl methyl sites for hydroxylation is 1. The molecule has 2 aromatic rings. The predicted octanol–water partition coefficient (Wildman–Crippen LogP) is 2.92. The summed E-state index contributed by atoms with van der Waals surface area (Å²) in [5, 5.41) is 4.76. The normalized spacial score (nSPS) is 15.7. The van der Waals surface area contributed by atoms with Crippen LogP contribution in [0.25, 0.3) is 11.6 Å². The number of carbonyl (C=O) groups excluding carboxylic acids is 1. The lowest BCUT2D eigenvalue weighted by Crippen LogP contribution is -2.09. The van der Waals surface area contributed by atoms with Gasteiger partial charge in [-0.25, -0.2) is 8.42 Å². The number of thiophene rings is 1. The lowest BCUT2D eigenvalue weighted by molar-refractivity contribution is -0.110. The average Bonchev–Trinajstić information content (AvgIpc) is 2.94. The quantitative estimate of drug-likeness (QED) is 0.848. The Balaban J connectivity index is 2.06. The van der Waals surface area contributed by atoms with Crippen LogP contribution >= 0.6 is 11.3 Å². The van der Waals surface area contributed by atoms with Gasteiger partial charge in [-0.15, -0.1) is 11.3 Å². The number of sulfonamides is 1. The molecule has 0 unspecified atom stereocenters. The fraction of sp³-hybridized carbons (Fsp3) is 0.133. The molecule has 0 saturated heterocycles. The first-order valence-electron chi connectivity index (χ1n) is 6.53. The maximum absolute atomic E-state index is 12.2. The predicted molar refractivity (Wildman–Crippen MR) is 90.5 cm³/mol. The Kier molecular flexibility index (Phi) is 3.54. The highest BCUT2D eigenvalue weighted by Gasteiger charge is 2.25. The van der Waals surface area contributed by atoms with Gasteiger partial charge in [0, 0.05) is 21.8 Å². The molecule has 2 heterocycles. The number of amides is 1. The molecule has 0 fully saturated rings. The van der Waals surface area contributed by atoms with Gasteiger partial charge in [0.2, 0.25) is 10.0 Å². The fourth-order valence-corrected chi connectivity index (χ4v) is 3.69. The van der Waals surface area contributed by atoms with Crippen molar-refractivity contribution >= 4 is 50.3 Å². The van der Waals surface area contributed by atoms with Crippen molar-refractivity contribution in [3.05, 3.63) is 45.6 Å². The van der Waals surface area contributed by atoms with Crippen molar-refractivity contribution in [2.24, 2.45) is 0 Å². The molecule has 0 saturated carbocycles. The van der Waals surface area contributed by atoms with Crippen LogP contribution in [0.2, 0.25) is 0 Å². The molecule has 114 valence electrons. The molecule has 2 N–H and O–H groups in total. The van der Waals surface area contributed by atoms with E-state index in [4.69, 9.17) is 0 Å². The number of anilines is 2. The Morgan fingerprint density at radius 1 is 1.27 bits per heavy atom. The zero-order chi connectivity index (χ0) is 15.9. The van der Waals surface area contributed by atoms with Gasteiger partial charge >= 0.3 is 0 Å². The Morgan fingerprint density at radius 2 is 2.05 bits per heavy atom. The SMILES string of the molecule is Cc1ccsc1C=C1C(=O)Nc2ccc(NS(C)(=O)=O)cc21. The molecular weight excluding hydrogens is 320 g/mol. The Bertz CT molecular complexity index is 895. The summed E-state index contributed by atoms with van der Waals surface area (Å²) in [4.78, 5) is 13.2. The van der Waals surface area contributed by atoms with E-state index in [9.17, 15) is 13.2 Å². The van der Waals surface area contributed by atoms with Crippen LogP contribution in [-0.2, 0) is 14.8 Å². The van der Waals surface area contributed by atoms with Crippen LogP contribution in [0.1, 0.15) is 16.0 Å². The van der Waals surface area contributed by atoms with Gasteiger partial charge in [0.15, 0.2) is 0 Å². The number of hydrogen-bond donors (Lipinski definition) is 2. The molecular formula is C15H14N2O3S2. The van der Waals surface area contributed by atoms with Crippen molar-refractivity contribution in [1.29, 1.82) is 0 Å². The number of carbonyl (C=O) groups is 1. The molecule has 0 aliphatic carbocycles. The molecule has 1 aliphatic heterocycles. The lowest BCUT2D eigenvalue weighted by Gasteiger charge is -2.06. The minimum atomic E-state index is -3.35. The number of rotatable bonds is 3.